The van der Waals surface area contributed by atoms with E-state index in [9.17, 15) is 4.79 Å². The molecule has 4 heteroatoms. The molecule has 0 aliphatic heterocycles. The van der Waals surface area contributed by atoms with Crippen molar-refractivity contribution in [1.29, 1.82) is 0 Å². The SMILES string of the molecule is COCc1cccc(CNC(=O)C(C)(N)c2ccccc2)c1. The van der Waals surface area contributed by atoms with Crippen LogP contribution in [0.4, 0.5) is 0 Å². The minimum absolute atomic E-state index is 0.198. The fraction of sp³-hybridized carbons (Fsp3) is 0.278. The molecule has 0 aromatic heterocycles. The van der Waals surface area contributed by atoms with Gasteiger partial charge in [0, 0.05) is 13.7 Å². The molecule has 2 aromatic carbocycles. The number of benzene rings is 2. The molecule has 4 nitrogen and oxygen atoms in total. The van der Waals surface area contributed by atoms with Gasteiger partial charge in [0.05, 0.1) is 6.61 Å². The zero-order valence-corrected chi connectivity index (χ0v) is 13.0. The van der Waals surface area contributed by atoms with Crippen molar-refractivity contribution in [3.8, 4) is 0 Å². The highest BCUT2D eigenvalue weighted by atomic mass is 16.5. The summed E-state index contributed by atoms with van der Waals surface area (Å²) in [6, 6.07) is 17.3. The molecule has 0 fully saturated rings. The van der Waals surface area contributed by atoms with Crippen LogP contribution in [-0.2, 0) is 28.2 Å². The van der Waals surface area contributed by atoms with Crippen molar-refractivity contribution in [1.82, 2.24) is 5.32 Å². The van der Waals surface area contributed by atoms with Gasteiger partial charge in [-0.2, -0.15) is 0 Å². The van der Waals surface area contributed by atoms with Gasteiger partial charge in [0.25, 0.3) is 0 Å². The predicted octanol–water partition coefficient (Wildman–Crippen LogP) is 2.32. The van der Waals surface area contributed by atoms with Gasteiger partial charge in [0.1, 0.15) is 5.54 Å². The molecule has 3 N–H and O–H groups in total. The van der Waals surface area contributed by atoms with Crippen LogP contribution in [-0.4, -0.2) is 13.0 Å². The first-order chi connectivity index (χ1) is 10.5. The van der Waals surface area contributed by atoms with E-state index in [2.05, 4.69) is 5.32 Å². The Morgan fingerprint density at radius 1 is 1.14 bits per heavy atom. The molecule has 22 heavy (non-hydrogen) atoms. The van der Waals surface area contributed by atoms with Crippen molar-refractivity contribution < 1.29 is 9.53 Å². The summed E-state index contributed by atoms with van der Waals surface area (Å²) >= 11 is 0. The van der Waals surface area contributed by atoms with E-state index in [0.29, 0.717) is 13.2 Å². The zero-order chi connectivity index (χ0) is 16.0. The van der Waals surface area contributed by atoms with Crippen LogP contribution in [0, 0.1) is 0 Å². The monoisotopic (exact) mass is 298 g/mol. The molecular formula is C18H22N2O2. The molecule has 116 valence electrons. The lowest BCUT2D eigenvalue weighted by Crippen LogP contribution is -2.48. The summed E-state index contributed by atoms with van der Waals surface area (Å²) in [6.07, 6.45) is 0. The maximum absolute atomic E-state index is 12.4. The molecule has 0 radical (unpaired) electrons. The van der Waals surface area contributed by atoms with Gasteiger partial charge >= 0.3 is 0 Å². The van der Waals surface area contributed by atoms with Crippen molar-refractivity contribution in [2.75, 3.05) is 7.11 Å². The third kappa shape index (κ3) is 3.93. The highest BCUT2D eigenvalue weighted by Crippen LogP contribution is 2.17. The van der Waals surface area contributed by atoms with Gasteiger partial charge < -0.3 is 15.8 Å². The van der Waals surface area contributed by atoms with Crippen LogP contribution in [0.2, 0.25) is 0 Å². The second-order valence-electron chi connectivity index (χ2n) is 5.50. The highest BCUT2D eigenvalue weighted by Gasteiger charge is 2.29. The number of amides is 1. The predicted molar refractivity (Wildman–Crippen MR) is 87.0 cm³/mol. The molecule has 0 aliphatic rings. The van der Waals surface area contributed by atoms with Gasteiger partial charge in [0.15, 0.2) is 0 Å². The maximum Gasteiger partial charge on any atom is 0.244 e. The fourth-order valence-electron chi connectivity index (χ4n) is 2.28. The number of rotatable bonds is 6. The van der Waals surface area contributed by atoms with Crippen LogP contribution >= 0.6 is 0 Å². The number of nitrogens with two attached hydrogens (primary N) is 1. The van der Waals surface area contributed by atoms with E-state index < -0.39 is 5.54 Å². The summed E-state index contributed by atoms with van der Waals surface area (Å²) in [4.78, 5) is 12.4. The van der Waals surface area contributed by atoms with Crippen LogP contribution in [0.1, 0.15) is 23.6 Å². The summed E-state index contributed by atoms with van der Waals surface area (Å²) in [5.41, 5.74) is 8.03. The molecule has 2 rings (SSSR count). The van der Waals surface area contributed by atoms with Crippen molar-refractivity contribution in [2.45, 2.75) is 25.6 Å². The number of hydrogen-bond acceptors (Lipinski definition) is 3. The second-order valence-corrected chi connectivity index (χ2v) is 5.50. The summed E-state index contributed by atoms with van der Waals surface area (Å²) in [5.74, 6) is -0.198. The molecule has 0 saturated heterocycles. The average Bonchev–Trinajstić information content (AvgIpc) is 2.54. The minimum Gasteiger partial charge on any atom is -0.380 e. The van der Waals surface area contributed by atoms with E-state index in [4.69, 9.17) is 10.5 Å². The Morgan fingerprint density at radius 2 is 1.82 bits per heavy atom. The molecule has 0 saturated carbocycles. The second kappa shape index (κ2) is 7.20. The lowest BCUT2D eigenvalue weighted by molar-refractivity contribution is -0.126. The van der Waals surface area contributed by atoms with E-state index in [-0.39, 0.29) is 5.91 Å². The molecule has 0 aliphatic carbocycles. The normalized spacial score (nSPS) is 13.4. The van der Waals surface area contributed by atoms with Crippen LogP contribution in [0.5, 0.6) is 0 Å². The van der Waals surface area contributed by atoms with E-state index in [1.165, 1.54) is 0 Å². The van der Waals surface area contributed by atoms with Gasteiger partial charge in [0.2, 0.25) is 5.91 Å². The molecule has 1 unspecified atom stereocenters. The third-order valence-electron chi connectivity index (χ3n) is 3.60. The molecule has 0 heterocycles. The maximum atomic E-state index is 12.4. The summed E-state index contributed by atoms with van der Waals surface area (Å²) in [7, 11) is 1.66. The Kier molecular flexibility index (Phi) is 5.31. The van der Waals surface area contributed by atoms with E-state index in [1.807, 2.05) is 54.6 Å². The van der Waals surface area contributed by atoms with E-state index in [0.717, 1.165) is 16.7 Å². The topological polar surface area (TPSA) is 64.3 Å². The van der Waals surface area contributed by atoms with Crippen LogP contribution in [0.25, 0.3) is 0 Å². The fourth-order valence-corrected chi connectivity index (χ4v) is 2.28. The Labute approximate surface area is 131 Å². The highest BCUT2D eigenvalue weighted by molar-refractivity contribution is 5.86. The average molecular weight is 298 g/mol. The number of carbonyl (C=O) groups excluding carboxylic acids is 1. The Bertz CT molecular complexity index is 624. The number of methoxy groups -OCH3 is 1. The number of hydrogen-bond donors (Lipinski definition) is 2. The minimum atomic E-state index is -1.05. The molecule has 0 spiro atoms. The molecule has 2 aromatic rings. The first kappa shape index (κ1) is 16.2. The van der Waals surface area contributed by atoms with E-state index in [1.54, 1.807) is 14.0 Å². The van der Waals surface area contributed by atoms with Gasteiger partial charge in [-0.25, -0.2) is 0 Å². The van der Waals surface area contributed by atoms with Crippen LogP contribution in [0.3, 0.4) is 0 Å². The Morgan fingerprint density at radius 3 is 2.50 bits per heavy atom. The number of nitrogens with one attached hydrogen (secondary N) is 1. The zero-order valence-electron chi connectivity index (χ0n) is 13.0. The number of ether oxygens (including phenoxy) is 1. The summed E-state index contributed by atoms with van der Waals surface area (Å²) < 4.78 is 5.11. The smallest absolute Gasteiger partial charge is 0.244 e. The quantitative estimate of drug-likeness (QED) is 0.860. The van der Waals surface area contributed by atoms with Gasteiger partial charge in [-0.05, 0) is 23.6 Å². The van der Waals surface area contributed by atoms with Gasteiger partial charge in [-0.1, -0.05) is 54.6 Å². The standard InChI is InChI=1S/C18H22N2O2/c1-18(19,16-9-4-3-5-10-16)17(21)20-12-14-7-6-8-15(11-14)13-22-2/h3-11H,12-13,19H2,1-2H3,(H,20,21). The summed E-state index contributed by atoms with van der Waals surface area (Å²) in [6.45, 7) is 2.72. The summed E-state index contributed by atoms with van der Waals surface area (Å²) in [5, 5.41) is 2.90. The first-order valence-corrected chi connectivity index (χ1v) is 7.23. The van der Waals surface area contributed by atoms with Crippen molar-refractivity contribution in [2.24, 2.45) is 5.73 Å². The molecule has 0 bridgehead atoms. The number of carbonyl (C=O) groups is 1. The first-order valence-electron chi connectivity index (χ1n) is 7.23. The van der Waals surface area contributed by atoms with Gasteiger partial charge in [-0.15, -0.1) is 0 Å². The van der Waals surface area contributed by atoms with Gasteiger partial charge in [-0.3, -0.25) is 4.79 Å². The van der Waals surface area contributed by atoms with Crippen molar-refractivity contribution in [3.05, 3.63) is 71.3 Å². The third-order valence-corrected chi connectivity index (χ3v) is 3.60. The van der Waals surface area contributed by atoms with Crippen molar-refractivity contribution in [3.63, 3.8) is 0 Å². The Balaban J connectivity index is 2.02. The Hall–Kier alpha value is -2.17. The lowest BCUT2D eigenvalue weighted by atomic mass is 9.92. The molecular weight excluding hydrogens is 276 g/mol. The lowest BCUT2D eigenvalue weighted by Gasteiger charge is -2.24. The van der Waals surface area contributed by atoms with E-state index >= 15 is 0 Å². The van der Waals surface area contributed by atoms with Crippen LogP contribution in [0.15, 0.2) is 54.6 Å². The molecule has 1 amide bonds. The van der Waals surface area contributed by atoms with Crippen LogP contribution < -0.4 is 11.1 Å². The largest absolute Gasteiger partial charge is 0.380 e. The molecule has 1 atom stereocenters. The van der Waals surface area contributed by atoms with Crippen molar-refractivity contribution >= 4 is 5.91 Å².